The topological polar surface area (TPSA) is 74.8 Å². The van der Waals surface area contributed by atoms with Gasteiger partial charge in [-0.2, -0.15) is 0 Å². The molecule has 7 nitrogen and oxygen atoms in total. The molecule has 148 valence electrons. The van der Waals surface area contributed by atoms with Crippen molar-refractivity contribution in [1.29, 1.82) is 0 Å². The minimum absolute atomic E-state index is 0.101. The van der Waals surface area contributed by atoms with Crippen LogP contribution in [0.2, 0.25) is 0 Å². The van der Waals surface area contributed by atoms with Crippen LogP contribution in [0.1, 0.15) is 28.7 Å². The summed E-state index contributed by atoms with van der Waals surface area (Å²) in [5.74, 6) is 1.17. The fourth-order valence-corrected chi connectivity index (χ4v) is 4.12. The van der Waals surface area contributed by atoms with Crippen molar-refractivity contribution in [2.75, 3.05) is 19.5 Å². The normalized spacial score (nSPS) is 11.1. The molecule has 0 radical (unpaired) electrons. The highest BCUT2D eigenvalue weighted by atomic mass is 32.2. The number of ether oxygens (including phenoxy) is 1. The third-order valence-electron chi connectivity index (χ3n) is 4.70. The standard InChI is InChI=1S/C20H25N5O2S/c1-5-24-14(2)12-17(15(24)3)18(26)13-28-20-23-22-19(25(20)10-11-27-4)16-6-8-21-9-7-16/h6-9,12H,5,10-11,13H2,1-4H3. The molecule has 8 heteroatoms. The predicted octanol–water partition coefficient (Wildman–Crippen LogP) is 3.40. The van der Waals surface area contributed by atoms with Gasteiger partial charge in [-0.3, -0.25) is 14.3 Å². The van der Waals surface area contributed by atoms with E-state index < -0.39 is 0 Å². The van der Waals surface area contributed by atoms with Gasteiger partial charge >= 0.3 is 0 Å². The van der Waals surface area contributed by atoms with Crippen LogP contribution in [0.25, 0.3) is 11.4 Å². The molecule has 3 rings (SSSR count). The zero-order valence-electron chi connectivity index (χ0n) is 16.7. The summed E-state index contributed by atoms with van der Waals surface area (Å²) in [5, 5.41) is 9.36. The summed E-state index contributed by atoms with van der Waals surface area (Å²) in [6, 6.07) is 5.76. The van der Waals surface area contributed by atoms with E-state index in [9.17, 15) is 4.79 Å². The SMILES string of the molecule is CCn1c(C)cc(C(=O)CSc2nnc(-c3ccncc3)n2CCOC)c1C. The van der Waals surface area contributed by atoms with Gasteiger partial charge in [-0.05, 0) is 39.0 Å². The van der Waals surface area contributed by atoms with Crippen LogP contribution in [-0.2, 0) is 17.8 Å². The average molecular weight is 400 g/mol. The van der Waals surface area contributed by atoms with Gasteiger partial charge in [0.2, 0.25) is 0 Å². The fraction of sp³-hybridized carbons (Fsp3) is 0.400. The van der Waals surface area contributed by atoms with Gasteiger partial charge in [0.1, 0.15) is 0 Å². The second kappa shape index (κ2) is 9.16. The van der Waals surface area contributed by atoms with E-state index in [4.69, 9.17) is 4.74 Å². The van der Waals surface area contributed by atoms with E-state index in [0.717, 1.165) is 34.9 Å². The highest BCUT2D eigenvalue weighted by Gasteiger charge is 2.19. The monoisotopic (exact) mass is 399 g/mol. The first-order chi connectivity index (χ1) is 13.6. The van der Waals surface area contributed by atoms with Crippen LogP contribution in [0.3, 0.4) is 0 Å². The summed E-state index contributed by atoms with van der Waals surface area (Å²) >= 11 is 1.41. The molecule has 0 fully saturated rings. The first kappa shape index (κ1) is 20.3. The maximum absolute atomic E-state index is 12.8. The lowest BCUT2D eigenvalue weighted by Gasteiger charge is -2.09. The molecule has 0 aliphatic rings. The molecule has 3 aromatic heterocycles. The van der Waals surface area contributed by atoms with Crippen LogP contribution in [0, 0.1) is 13.8 Å². The Morgan fingerprint density at radius 2 is 1.93 bits per heavy atom. The highest BCUT2D eigenvalue weighted by Crippen LogP contribution is 2.25. The van der Waals surface area contributed by atoms with Crippen LogP contribution < -0.4 is 0 Å². The van der Waals surface area contributed by atoms with Crippen molar-refractivity contribution in [3.63, 3.8) is 0 Å². The first-order valence-electron chi connectivity index (χ1n) is 9.22. The molecule has 0 bridgehead atoms. The lowest BCUT2D eigenvalue weighted by atomic mass is 10.2. The molecule has 0 aliphatic heterocycles. The van der Waals surface area contributed by atoms with Gasteiger partial charge in [0, 0.05) is 48.6 Å². The lowest BCUT2D eigenvalue weighted by molar-refractivity contribution is 0.102. The zero-order valence-corrected chi connectivity index (χ0v) is 17.5. The molecule has 0 saturated heterocycles. The smallest absolute Gasteiger partial charge is 0.192 e. The Hall–Kier alpha value is -2.45. The third-order valence-corrected chi connectivity index (χ3v) is 5.66. The van der Waals surface area contributed by atoms with Crippen LogP contribution >= 0.6 is 11.8 Å². The highest BCUT2D eigenvalue weighted by molar-refractivity contribution is 7.99. The number of methoxy groups -OCH3 is 1. The second-order valence-electron chi connectivity index (χ2n) is 6.43. The molecule has 0 aromatic carbocycles. The summed E-state index contributed by atoms with van der Waals surface area (Å²) in [5.41, 5.74) is 3.84. The Labute approximate surface area is 169 Å². The van der Waals surface area contributed by atoms with Crippen LogP contribution in [0.4, 0.5) is 0 Å². The lowest BCUT2D eigenvalue weighted by Crippen LogP contribution is -2.10. The van der Waals surface area contributed by atoms with E-state index in [1.54, 1.807) is 19.5 Å². The number of hydrogen-bond acceptors (Lipinski definition) is 6. The Kier molecular flexibility index (Phi) is 6.64. The molecule has 0 saturated carbocycles. The molecule has 0 N–H and O–H groups in total. The zero-order chi connectivity index (χ0) is 20.1. The van der Waals surface area contributed by atoms with E-state index in [2.05, 4.69) is 26.7 Å². The number of aromatic nitrogens is 5. The molecule has 0 atom stereocenters. The number of rotatable bonds is 9. The van der Waals surface area contributed by atoms with E-state index in [1.807, 2.05) is 36.6 Å². The molecule has 0 aliphatic carbocycles. The summed E-state index contributed by atoms with van der Waals surface area (Å²) in [6.45, 7) is 8.12. The van der Waals surface area contributed by atoms with Crippen LogP contribution in [0.5, 0.6) is 0 Å². The van der Waals surface area contributed by atoms with Gasteiger partial charge in [0.05, 0.1) is 18.9 Å². The average Bonchev–Trinajstić information content (AvgIpc) is 3.25. The Balaban J connectivity index is 1.80. The van der Waals surface area contributed by atoms with E-state index >= 15 is 0 Å². The van der Waals surface area contributed by atoms with Crippen molar-refractivity contribution in [2.45, 2.75) is 39.0 Å². The third kappa shape index (κ3) is 4.18. The number of carbonyl (C=O) groups is 1. The Morgan fingerprint density at radius 1 is 1.18 bits per heavy atom. The van der Waals surface area contributed by atoms with Crippen molar-refractivity contribution >= 4 is 17.5 Å². The summed E-state index contributed by atoms with van der Waals surface area (Å²) < 4.78 is 9.38. The van der Waals surface area contributed by atoms with E-state index in [1.165, 1.54) is 11.8 Å². The van der Waals surface area contributed by atoms with Crippen molar-refractivity contribution in [3.8, 4) is 11.4 Å². The maximum Gasteiger partial charge on any atom is 0.192 e. The molecule has 28 heavy (non-hydrogen) atoms. The number of nitrogens with zero attached hydrogens (tertiary/aromatic N) is 5. The molecule has 0 amide bonds. The molecular formula is C20H25N5O2S. The Morgan fingerprint density at radius 3 is 2.57 bits per heavy atom. The minimum atomic E-state index is 0.101. The van der Waals surface area contributed by atoms with E-state index in [0.29, 0.717) is 24.1 Å². The van der Waals surface area contributed by atoms with Crippen LogP contribution in [0.15, 0.2) is 35.7 Å². The van der Waals surface area contributed by atoms with Crippen molar-refractivity contribution < 1.29 is 9.53 Å². The number of pyridine rings is 1. The molecule has 0 unspecified atom stereocenters. The van der Waals surface area contributed by atoms with Crippen molar-refractivity contribution in [3.05, 3.63) is 47.5 Å². The van der Waals surface area contributed by atoms with Gasteiger partial charge in [0.15, 0.2) is 16.8 Å². The first-order valence-corrected chi connectivity index (χ1v) is 10.2. The van der Waals surface area contributed by atoms with Crippen molar-refractivity contribution in [2.24, 2.45) is 0 Å². The van der Waals surface area contributed by atoms with Gasteiger partial charge in [-0.15, -0.1) is 10.2 Å². The molecule has 3 heterocycles. The maximum atomic E-state index is 12.8. The summed E-state index contributed by atoms with van der Waals surface area (Å²) in [7, 11) is 1.66. The molecule has 3 aromatic rings. The minimum Gasteiger partial charge on any atom is -0.383 e. The molecular weight excluding hydrogens is 374 g/mol. The van der Waals surface area contributed by atoms with Gasteiger partial charge in [-0.25, -0.2) is 0 Å². The van der Waals surface area contributed by atoms with Gasteiger partial charge in [0.25, 0.3) is 0 Å². The number of Topliss-reactive ketones (excluding diaryl/α,β-unsaturated/α-hetero) is 1. The number of ketones is 1. The van der Waals surface area contributed by atoms with Gasteiger partial charge in [-0.1, -0.05) is 11.8 Å². The number of thioether (sulfide) groups is 1. The Bertz CT molecular complexity index is 949. The second-order valence-corrected chi connectivity index (χ2v) is 7.37. The molecule has 0 spiro atoms. The fourth-order valence-electron chi connectivity index (χ4n) is 3.27. The van der Waals surface area contributed by atoms with E-state index in [-0.39, 0.29) is 5.78 Å². The largest absolute Gasteiger partial charge is 0.383 e. The number of hydrogen-bond donors (Lipinski definition) is 0. The predicted molar refractivity (Wildman–Crippen MR) is 110 cm³/mol. The van der Waals surface area contributed by atoms with Crippen LogP contribution in [-0.4, -0.2) is 49.6 Å². The van der Waals surface area contributed by atoms with Gasteiger partial charge < -0.3 is 9.30 Å². The quantitative estimate of drug-likeness (QED) is 0.405. The number of aryl methyl sites for hydroxylation is 1. The number of carbonyl (C=O) groups excluding carboxylic acids is 1. The summed E-state index contributed by atoms with van der Waals surface area (Å²) in [4.78, 5) is 16.9. The summed E-state index contributed by atoms with van der Waals surface area (Å²) in [6.07, 6.45) is 3.45. The van der Waals surface area contributed by atoms with Crippen molar-refractivity contribution in [1.82, 2.24) is 24.3 Å².